The van der Waals surface area contributed by atoms with E-state index in [4.69, 9.17) is 4.74 Å². The Hall–Kier alpha value is -5.54. The van der Waals surface area contributed by atoms with Crippen LogP contribution in [0.1, 0.15) is 71.9 Å². The van der Waals surface area contributed by atoms with Crippen molar-refractivity contribution in [1.29, 1.82) is 0 Å². The third-order valence-electron chi connectivity index (χ3n) is 11.7. The van der Waals surface area contributed by atoms with E-state index >= 15 is 0 Å². The van der Waals surface area contributed by atoms with Gasteiger partial charge in [-0.1, -0.05) is 46.4 Å². The van der Waals surface area contributed by atoms with E-state index in [1.54, 1.807) is 30.5 Å². The van der Waals surface area contributed by atoms with Gasteiger partial charge in [-0.2, -0.15) is 0 Å². The fraction of sp³-hybridized carbons (Fsp3) is 0.478. The Morgan fingerprint density at radius 3 is 2.59 bits per heavy atom. The number of nitrogens with one attached hydrogen (secondary N) is 2. The summed E-state index contributed by atoms with van der Waals surface area (Å²) in [5.41, 5.74) is 9.84. The van der Waals surface area contributed by atoms with E-state index in [0.717, 1.165) is 44.7 Å². The summed E-state index contributed by atoms with van der Waals surface area (Å²) in [5, 5.41) is 16.6. The number of cyclic esters (lactones) is 1. The summed E-state index contributed by atoms with van der Waals surface area (Å²) in [6, 6.07) is 8.53. The van der Waals surface area contributed by atoms with E-state index in [9.17, 15) is 29.1 Å². The van der Waals surface area contributed by atoms with Crippen molar-refractivity contribution in [3.05, 3.63) is 71.9 Å². The lowest BCUT2D eigenvalue weighted by Crippen LogP contribution is -2.62. The van der Waals surface area contributed by atoms with Gasteiger partial charge in [-0.3, -0.25) is 34.0 Å². The Morgan fingerprint density at radius 2 is 1.92 bits per heavy atom. The van der Waals surface area contributed by atoms with Gasteiger partial charge in [-0.15, -0.1) is 11.3 Å². The summed E-state index contributed by atoms with van der Waals surface area (Å²) in [6.07, 6.45) is 4.64. The molecule has 2 aromatic carbocycles. The summed E-state index contributed by atoms with van der Waals surface area (Å²) < 4.78 is 8.32. The van der Waals surface area contributed by atoms with Crippen LogP contribution in [0.15, 0.2) is 60.8 Å². The molecular formula is C46H59N7O7S. The van der Waals surface area contributed by atoms with Gasteiger partial charge in [0.2, 0.25) is 17.7 Å². The lowest BCUT2D eigenvalue weighted by atomic mass is 9.85. The van der Waals surface area contributed by atoms with Crippen molar-refractivity contribution in [3.8, 4) is 27.4 Å². The minimum Gasteiger partial charge on any atom is -0.508 e. The van der Waals surface area contributed by atoms with Crippen molar-refractivity contribution in [2.24, 2.45) is 11.3 Å². The number of hydrazine groups is 1. The van der Waals surface area contributed by atoms with Gasteiger partial charge in [0.15, 0.2) is 0 Å². The Morgan fingerprint density at radius 1 is 1.15 bits per heavy atom. The van der Waals surface area contributed by atoms with Gasteiger partial charge in [0.25, 0.3) is 5.91 Å². The maximum Gasteiger partial charge on any atom is 0.324 e. The van der Waals surface area contributed by atoms with Crippen LogP contribution in [0, 0.1) is 11.3 Å². The molecule has 0 unspecified atom stereocenters. The molecule has 2 aliphatic heterocycles. The number of hydrogen-bond donors (Lipinski definition) is 3. The summed E-state index contributed by atoms with van der Waals surface area (Å²) in [5.74, 6) is -2.45. The predicted molar refractivity (Wildman–Crippen MR) is 236 cm³/mol. The lowest BCUT2D eigenvalue weighted by Gasteiger charge is -2.37. The van der Waals surface area contributed by atoms with E-state index in [1.165, 1.54) is 20.9 Å². The number of aryl methyl sites for hydroxylation is 1. The first kappa shape index (κ1) is 45.0. The number of amides is 4. The number of carbonyl (C=O) groups is 5. The molecule has 0 radical (unpaired) electrons. The first-order valence-electron chi connectivity index (χ1n) is 21.1. The maximum atomic E-state index is 14.6. The Bertz CT molecular complexity index is 2280. The van der Waals surface area contributed by atoms with E-state index in [1.807, 2.05) is 44.6 Å². The number of esters is 1. The van der Waals surface area contributed by atoms with Crippen molar-refractivity contribution >= 4 is 51.8 Å². The molecular weight excluding hydrogens is 795 g/mol. The molecule has 2 aliphatic rings. The van der Waals surface area contributed by atoms with Crippen molar-refractivity contribution in [2.75, 3.05) is 33.3 Å². The molecule has 14 nitrogen and oxygen atoms in total. The molecule has 3 N–H and O–H groups in total. The number of thiazole rings is 1. The van der Waals surface area contributed by atoms with Gasteiger partial charge in [-0.05, 0) is 91.6 Å². The van der Waals surface area contributed by atoms with Crippen LogP contribution in [0.2, 0.25) is 0 Å². The normalized spacial score (nSPS) is 18.6. The molecule has 4 amide bonds. The number of ether oxygens (including phenoxy) is 1. The van der Waals surface area contributed by atoms with Crippen molar-refractivity contribution in [2.45, 2.75) is 98.3 Å². The third-order valence-corrected chi connectivity index (χ3v) is 12.5. The van der Waals surface area contributed by atoms with Crippen LogP contribution in [-0.4, -0.2) is 110 Å². The first-order valence-corrected chi connectivity index (χ1v) is 22.0. The summed E-state index contributed by atoms with van der Waals surface area (Å²) in [4.78, 5) is 76.7. The monoisotopic (exact) mass is 853 g/mol. The van der Waals surface area contributed by atoms with Gasteiger partial charge in [-0.25, -0.2) is 5.43 Å². The molecule has 6 bridgehead atoms. The number of aromatic hydroxyl groups is 1. The number of rotatable bonds is 11. The van der Waals surface area contributed by atoms with Gasteiger partial charge in [0, 0.05) is 68.6 Å². The number of hydrogen-bond acceptors (Lipinski definition) is 10. The number of nitrogens with zero attached hydrogens (tertiary/aromatic N) is 5. The Labute approximate surface area is 361 Å². The highest BCUT2D eigenvalue weighted by molar-refractivity contribution is 7.13. The topological polar surface area (TPSA) is 166 Å². The smallest absolute Gasteiger partial charge is 0.324 e. The molecule has 61 heavy (non-hydrogen) atoms. The van der Waals surface area contributed by atoms with Crippen LogP contribution in [0.3, 0.4) is 0 Å². The van der Waals surface area contributed by atoms with Crippen LogP contribution in [0.4, 0.5) is 0 Å². The van der Waals surface area contributed by atoms with Crippen LogP contribution in [-0.2, 0) is 48.1 Å². The minimum atomic E-state index is -1.15. The largest absolute Gasteiger partial charge is 0.508 e. The van der Waals surface area contributed by atoms with Gasteiger partial charge in [0.1, 0.15) is 23.9 Å². The molecule has 4 heterocycles. The molecule has 1 saturated heterocycles. The average Bonchev–Trinajstić information content (AvgIpc) is 3.87. The molecule has 6 rings (SSSR count). The SMILES string of the molecule is C=CC(=O)N(CC)CCC(=O)N(C)[C@H](C(=O)N[C@H]1Cc2cc(O)cc(c2)-c2ccc3c(c2)c(c(-c2cncs2)n3CC)CC(C)(C)COC(=O)[C@@H]2CCCN(N2)C1=O)C(C)C. The second-order valence-corrected chi connectivity index (χ2v) is 18.0. The molecule has 0 aliphatic carbocycles. The standard InChI is InChI=1S/C46H59N7O7S/c1-9-39(55)51(10-2)18-16-40(56)50(8)41(28(4)5)43(57)48-36-21-29-19-31(22-32(54)20-29)30-14-15-37-33(23-30)34(42(52(37)11-3)38-25-47-27-61-38)24-46(6,7)26-60-45(59)35-13-12-17-53(49-35)44(36)58/h9,14-15,19-20,22-23,25,27-28,35-36,41,49,54H,1,10-13,16-18,21,24,26H2,2-8H3,(H,48,57)/t35-,36-,41-/m0/s1. The Kier molecular flexibility index (Phi) is 14.0. The van der Waals surface area contributed by atoms with Crippen molar-refractivity contribution in [1.82, 2.24) is 35.1 Å². The summed E-state index contributed by atoms with van der Waals surface area (Å²) >= 11 is 1.57. The highest BCUT2D eigenvalue weighted by Crippen LogP contribution is 2.41. The van der Waals surface area contributed by atoms with Crippen LogP contribution in [0.25, 0.3) is 32.6 Å². The molecule has 0 saturated carbocycles. The summed E-state index contributed by atoms with van der Waals surface area (Å²) in [6.45, 7) is 17.0. The van der Waals surface area contributed by atoms with Gasteiger partial charge < -0.3 is 29.5 Å². The quantitative estimate of drug-likeness (QED) is 0.127. The first-order chi connectivity index (χ1) is 29.0. The second-order valence-electron chi connectivity index (χ2n) is 17.2. The number of phenolic OH excluding ortho intramolecular Hbond substituents is 1. The fourth-order valence-corrected chi connectivity index (χ4v) is 9.32. The highest BCUT2D eigenvalue weighted by atomic mass is 32.1. The maximum absolute atomic E-state index is 14.6. The number of aromatic nitrogens is 2. The average molecular weight is 854 g/mol. The number of fused-ring (bicyclic) bond motifs is 6. The third kappa shape index (κ3) is 9.99. The van der Waals surface area contributed by atoms with E-state index in [0.29, 0.717) is 31.4 Å². The number of benzene rings is 2. The molecule has 1 fully saturated rings. The number of carbonyl (C=O) groups excluding carboxylic acids is 5. The van der Waals surface area contributed by atoms with E-state index in [-0.39, 0.29) is 56.0 Å². The van der Waals surface area contributed by atoms with Gasteiger partial charge in [0.05, 0.1) is 22.7 Å². The molecule has 4 aromatic rings. The number of likely N-dealkylation sites (N-methyl/N-ethyl adjacent to an activating group) is 2. The van der Waals surface area contributed by atoms with Crippen LogP contribution in [0.5, 0.6) is 5.75 Å². The molecule has 3 atom stereocenters. The second kappa shape index (κ2) is 19.0. The number of phenols is 1. The van der Waals surface area contributed by atoms with E-state index < -0.39 is 41.3 Å². The predicted octanol–water partition coefficient (Wildman–Crippen LogP) is 5.71. The van der Waals surface area contributed by atoms with Crippen LogP contribution >= 0.6 is 11.3 Å². The molecule has 326 valence electrons. The molecule has 0 spiro atoms. The lowest BCUT2D eigenvalue weighted by molar-refractivity contribution is -0.155. The highest BCUT2D eigenvalue weighted by Gasteiger charge is 2.38. The fourth-order valence-electron chi connectivity index (χ4n) is 8.62. The molecule has 15 heteroatoms. The molecule has 2 aromatic heterocycles. The zero-order valence-electron chi connectivity index (χ0n) is 36.3. The van der Waals surface area contributed by atoms with Crippen LogP contribution < -0.4 is 10.7 Å². The van der Waals surface area contributed by atoms with Gasteiger partial charge >= 0.3 is 5.97 Å². The zero-order valence-corrected chi connectivity index (χ0v) is 37.1. The van der Waals surface area contributed by atoms with Crippen molar-refractivity contribution in [3.63, 3.8) is 0 Å². The summed E-state index contributed by atoms with van der Waals surface area (Å²) in [7, 11) is 1.55. The van der Waals surface area contributed by atoms with E-state index in [2.05, 4.69) is 59.8 Å². The zero-order chi connectivity index (χ0) is 44.2. The van der Waals surface area contributed by atoms with Crippen molar-refractivity contribution < 1.29 is 33.8 Å². The Balaban J connectivity index is 1.40. The minimum absolute atomic E-state index is 0.000286.